The van der Waals surface area contributed by atoms with Crippen LogP contribution in [0.1, 0.15) is 12.8 Å². The van der Waals surface area contributed by atoms with Crippen molar-refractivity contribution in [1.29, 1.82) is 0 Å². The van der Waals surface area contributed by atoms with Gasteiger partial charge in [-0.15, -0.1) is 0 Å². The van der Waals surface area contributed by atoms with Crippen LogP contribution >= 0.6 is 0 Å². The van der Waals surface area contributed by atoms with Crippen LogP contribution in [0.3, 0.4) is 0 Å². The molecule has 0 atom stereocenters. The number of nitrogens with zero attached hydrogens (tertiary/aromatic N) is 4. The smallest absolute Gasteiger partial charge is 0.293 e. The quantitative estimate of drug-likeness (QED) is 0.643. The van der Waals surface area contributed by atoms with Crippen molar-refractivity contribution in [2.24, 2.45) is 0 Å². The molecule has 2 aromatic rings. The van der Waals surface area contributed by atoms with Crippen molar-refractivity contribution < 1.29 is 9.72 Å². The summed E-state index contributed by atoms with van der Waals surface area (Å²) in [6.07, 6.45) is 2.68. The first-order chi connectivity index (χ1) is 11.5. The first kappa shape index (κ1) is 15.9. The molecule has 1 N–H and O–H groups in total. The fourth-order valence-electron chi connectivity index (χ4n) is 2.88. The molecule has 0 saturated carbocycles. The number of benzene rings is 1. The van der Waals surface area contributed by atoms with Crippen molar-refractivity contribution in [3.05, 3.63) is 38.9 Å². The SMILES string of the molecule is CN(CCN1CCCC1=O)c1cc2nc[nH]c(=O)c2cc1[N+](=O)[O-]. The lowest BCUT2D eigenvalue weighted by Crippen LogP contribution is -2.34. The molecule has 1 fully saturated rings. The summed E-state index contributed by atoms with van der Waals surface area (Å²) in [5.74, 6) is 0.115. The topological polar surface area (TPSA) is 112 Å². The van der Waals surface area contributed by atoms with E-state index in [1.165, 1.54) is 18.5 Å². The largest absolute Gasteiger partial charge is 0.367 e. The molecule has 0 radical (unpaired) electrons. The van der Waals surface area contributed by atoms with E-state index >= 15 is 0 Å². The van der Waals surface area contributed by atoms with Crippen LogP contribution < -0.4 is 10.5 Å². The van der Waals surface area contributed by atoms with Crippen molar-refractivity contribution in [2.45, 2.75) is 12.8 Å². The van der Waals surface area contributed by atoms with E-state index in [0.29, 0.717) is 30.7 Å². The van der Waals surface area contributed by atoms with E-state index in [4.69, 9.17) is 0 Å². The third kappa shape index (κ3) is 2.92. The molecule has 0 spiro atoms. The Balaban J connectivity index is 1.91. The number of fused-ring (bicyclic) bond motifs is 1. The van der Waals surface area contributed by atoms with Crippen LogP contribution in [0.2, 0.25) is 0 Å². The number of carbonyl (C=O) groups excluding carboxylic acids is 1. The summed E-state index contributed by atoms with van der Waals surface area (Å²) < 4.78 is 0. The van der Waals surface area contributed by atoms with Crippen LogP contribution in [0.25, 0.3) is 10.9 Å². The molecule has 0 bridgehead atoms. The van der Waals surface area contributed by atoms with Gasteiger partial charge in [0, 0.05) is 39.2 Å². The van der Waals surface area contributed by atoms with E-state index in [1.807, 2.05) is 0 Å². The number of nitro groups is 1. The number of anilines is 1. The Kier molecular flexibility index (Phi) is 4.15. The minimum Gasteiger partial charge on any atom is -0.367 e. The number of hydrogen-bond donors (Lipinski definition) is 1. The van der Waals surface area contributed by atoms with E-state index in [0.717, 1.165) is 13.0 Å². The third-order valence-corrected chi connectivity index (χ3v) is 4.22. The summed E-state index contributed by atoms with van der Waals surface area (Å²) in [5.41, 5.74) is 0.192. The summed E-state index contributed by atoms with van der Waals surface area (Å²) in [5, 5.41) is 11.6. The predicted molar refractivity (Wildman–Crippen MR) is 88.1 cm³/mol. The molecule has 0 aliphatic carbocycles. The van der Waals surface area contributed by atoms with E-state index in [2.05, 4.69) is 9.97 Å². The summed E-state index contributed by atoms with van der Waals surface area (Å²) in [7, 11) is 1.72. The minimum atomic E-state index is -0.515. The van der Waals surface area contributed by atoms with Crippen LogP contribution in [-0.4, -0.2) is 52.4 Å². The Labute approximate surface area is 137 Å². The Morgan fingerprint density at radius 1 is 1.42 bits per heavy atom. The Morgan fingerprint density at radius 3 is 2.88 bits per heavy atom. The van der Waals surface area contributed by atoms with Crippen molar-refractivity contribution >= 4 is 28.2 Å². The van der Waals surface area contributed by atoms with Crippen LogP contribution in [0, 0.1) is 10.1 Å². The number of nitro benzene ring substituents is 1. The number of aromatic nitrogens is 2. The lowest BCUT2D eigenvalue weighted by molar-refractivity contribution is -0.384. The Hall–Kier alpha value is -2.97. The minimum absolute atomic E-state index is 0.115. The molecule has 1 aromatic carbocycles. The van der Waals surface area contributed by atoms with E-state index < -0.39 is 10.5 Å². The van der Waals surface area contributed by atoms with Gasteiger partial charge in [0.25, 0.3) is 11.2 Å². The number of likely N-dealkylation sites (tertiary alicyclic amines) is 1. The summed E-state index contributed by atoms with van der Waals surface area (Å²) >= 11 is 0. The highest BCUT2D eigenvalue weighted by Gasteiger charge is 2.23. The maximum atomic E-state index is 11.8. The Morgan fingerprint density at radius 2 is 2.21 bits per heavy atom. The zero-order valence-corrected chi connectivity index (χ0v) is 13.2. The number of amides is 1. The fourth-order valence-corrected chi connectivity index (χ4v) is 2.88. The number of H-pyrrole nitrogens is 1. The summed E-state index contributed by atoms with van der Waals surface area (Å²) in [4.78, 5) is 44.3. The van der Waals surface area contributed by atoms with Gasteiger partial charge in [-0.05, 0) is 12.5 Å². The number of aromatic amines is 1. The fraction of sp³-hybridized carbons (Fsp3) is 0.400. The Bertz CT molecular complexity index is 863. The van der Waals surface area contributed by atoms with Gasteiger partial charge in [-0.25, -0.2) is 4.98 Å². The molecule has 1 aliphatic heterocycles. The van der Waals surface area contributed by atoms with Gasteiger partial charge in [-0.3, -0.25) is 19.7 Å². The standard InChI is InChI=1S/C15H17N5O4/c1-18(5-6-19-4-2-3-14(19)21)12-8-11-10(7-13(12)20(23)24)15(22)17-9-16-11/h7-9H,2-6H2,1H3,(H,16,17,22). The molecule has 1 amide bonds. The first-order valence-electron chi connectivity index (χ1n) is 7.62. The normalized spacial score (nSPS) is 14.4. The number of likely N-dealkylation sites (N-methyl/N-ethyl adjacent to an activating group) is 1. The maximum absolute atomic E-state index is 11.8. The van der Waals surface area contributed by atoms with Gasteiger partial charge in [0.2, 0.25) is 5.91 Å². The molecular weight excluding hydrogens is 314 g/mol. The number of carbonyl (C=O) groups is 1. The van der Waals surface area contributed by atoms with Gasteiger partial charge in [-0.2, -0.15) is 0 Å². The molecule has 2 heterocycles. The average molecular weight is 331 g/mol. The van der Waals surface area contributed by atoms with Crippen molar-refractivity contribution in [3.8, 4) is 0 Å². The van der Waals surface area contributed by atoms with Crippen LogP contribution in [0.5, 0.6) is 0 Å². The molecule has 1 saturated heterocycles. The van der Waals surface area contributed by atoms with Crippen LogP contribution in [0.15, 0.2) is 23.3 Å². The third-order valence-electron chi connectivity index (χ3n) is 4.22. The summed E-state index contributed by atoms with van der Waals surface area (Å²) in [6.45, 7) is 1.69. The van der Waals surface area contributed by atoms with Gasteiger partial charge >= 0.3 is 0 Å². The van der Waals surface area contributed by atoms with Crippen LogP contribution in [0.4, 0.5) is 11.4 Å². The summed E-state index contributed by atoms with van der Waals surface area (Å²) in [6, 6.07) is 2.78. The molecular formula is C15H17N5O4. The second-order valence-electron chi connectivity index (χ2n) is 5.75. The highest BCUT2D eigenvalue weighted by Crippen LogP contribution is 2.30. The molecule has 9 heteroatoms. The number of hydrogen-bond acceptors (Lipinski definition) is 6. The molecule has 9 nitrogen and oxygen atoms in total. The van der Waals surface area contributed by atoms with E-state index in [-0.39, 0.29) is 17.0 Å². The monoisotopic (exact) mass is 331 g/mol. The number of nitrogens with one attached hydrogen (secondary N) is 1. The zero-order valence-electron chi connectivity index (χ0n) is 13.2. The second kappa shape index (κ2) is 6.26. The molecule has 1 aromatic heterocycles. The lowest BCUT2D eigenvalue weighted by atomic mass is 10.1. The predicted octanol–water partition coefficient (Wildman–Crippen LogP) is 0.890. The van der Waals surface area contributed by atoms with Crippen molar-refractivity contribution in [3.63, 3.8) is 0 Å². The molecule has 24 heavy (non-hydrogen) atoms. The molecule has 0 unspecified atom stereocenters. The van der Waals surface area contributed by atoms with Gasteiger partial charge in [-0.1, -0.05) is 0 Å². The first-order valence-corrected chi connectivity index (χ1v) is 7.62. The van der Waals surface area contributed by atoms with Crippen molar-refractivity contribution in [2.75, 3.05) is 31.6 Å². The van der Waals surface area contributed by atoms with Crippen molar-refractivity contribution in [1.82, 2.24) is 14.9 Å². The van der Waals surface area contributed by atoms with Gasteiger partial charge < -0.3 is 14.8 Å². The lowest BCUT2D eigenvalue weighted by Gasteiger charge is -2.23. The van der Waals surface area contributed by atoms with Crippen LogP contribution in [-0.2, 0) is 4.79 Å². The second-order valence-corrected chi connectivity index (χ2v) is 5.75. The maximum Gasteiger partial charge on any atom is 0.293 e. The van der Waals surface area contributed by atoms with E-state index in [1.54, 1.807) is 16.8 Å². The number of rotatable bonds is 5. The van der Waals surface area contributed by atoms with Gasteiger partial charge in [0.15, 0.2) is 0 Å². The zero-order chi connectivity index (χ0) is 17.3. The highest BCUT2D eigenvalue weighted by atomic mass is 16.6. The van der Waals surface area contributed by atoms with E-state index in [9.17, 15) is 19.7 Å². The average Bonchev–Trinajstić information content (AvgIpc) is 2.97. The molecule has 1 aliphatic rings. The molecule has 3 rings (SSSR count). The van der Waals surface area contributed by atoms with Gasteiger partial charge in [0.1, 0.15) is 5.69 Å². The van der Waals surface area contributed by atoms with Gasteiger partial charge in [0.05, 0.1) is 22.2 Å². The highest BCUT2D eigenvalue weighted by molar-refractivity contribution is 5.87. The molecule has 126 valence electrons.